The summed E-state index contributed by atoms with van der Waals surface area (Å²) in [5, 5.41) is 7.53. The van der Waals surface area contributed by atoms with Crippen molar-refractivity contribution in [1.82, 2.24) is 35.1 Å². The first-order valence-corrected chi connectivity index (χ1v) is 10.8. The molecule has 34 heavy (non-hydrogen) atoms. The number of imidazole rings is 1. The number of rotatable bonds is 6. The van der Waals surface area contributed by atoms with Crippen LogP contribution in [-0.2, 0) is 6.61 Å². The molecule has 0 aliphatic carbocycles. The summed E-state index contributed by atoms with van der Waals surface area (Å²) >= 11 is 0. The van der Waals surface area contributed by atoms with Crippen molar-refractivity contribution in [1.29, 1.82) is 0 Å². The van der Waals surface area contributed by atoms with Crippen LogP contribution < -0.4 is 4.74 Å². The Morgan fingerprint density at radius 3 is 2.59 bits per heavy atom. The van der Waals surface area contributed by atoms with E-state index in [9.17, 15) is 0 Å². The van der Waals surface area contributed by atoms with Gasteiger partial charge in [-0.05, 0) is 41.5 Å². The van der Waals surface area contributed by atoms with Crippen LogP contribution in [0.3, 0.4) is 0 Å². The van der Waals surface area contributed by atoms with Gasteiger partial charge in [0.25, 0.3) is 0 Å². The number of nitrogens with one attached hydrogen (secondary N) is 2. The van der Waals surface area contributed by atoms with Gasteiger partial charge in [-0.15, -0.1) is 0 Å². The van der Waals surface area contributed by atoms with Crippen molar-refractivity contribution >= 4 is 11.2 Å². The third-order valence-corrected chi connectivity index (χ3v) is 5.47. The Kier molecular flexibility index (Phi) is 5.00. The smallest absolute Gasteiger partial charge is 0.178 e. The number of benzene rings is 1. The van der Waals surface area contributed by atoms with Crippen LogP contribution in [0, 0.1) is 0 Å². The number of nitrogens with zero attached hydrogens (tertiary/aromatic N) is 5. The topological polar surface area (TPSA) is 105 Å². The molecule has 0 radical (unpaired) electrons. The van der Waals surface area contributed by atoms with E-state index in [0.29, 0.717) is 23.8 Å². The fraction of sp³-hybridized carbons (Fsp3) is 0.0385. The molecule has 0 unspecified atom stereocenters. The maximum atomic E-state index is 5.91. The van der Waals surface area contributed by atoms with Crippen molar-refractivity contribution in [3.63, 3.8) is 0 Å². The summed E-state index contributed by atoms with van der Waals surface area (Å²) in [5.74, 6) is 1.34. The normalized spacial score (nSPS) is 11.1. The average Bonchev–Trinajstić information content (AvgIpc) is 3.56. The Morgan fingerprint density at radius 2 is 1.71 bits per heavy atom. The van der Waals surface area contributed by atoms with E-state index < -0.39 is 0 Å². The second kappa shape index (κ2) is 8.59. The van der Waals surface area contributed by atoms with E-state index in [1.807, 2.05) is 60.7 Å². The standard InChI is InChI=1S/C26H19N7O/c1-2-4-17(5-3-1)16-34-20-12-19(14-28-15-20)22-13-23(33-32-22)25-30-24-21(8-11-29-26(24)31-25)18-6-9-27-10-7-18/h1-15H,16H2,(H,32,33)(H,29,30,31). The van der Waals surface area contributed by atoms with Crippen molar-refractivity contribution in [2.75, 3.05) is 0 Å². The lowest BCUT2D eigenvalue weighted by molar-refractivity contribution is 0.305. The highest BCUT2D eigenvalue weighted by Crippen LogP contribution is 2.29. The summed E-state index contributed by atoms with van der Waals surface area (Å²) in [6.45, 7) is 0.476. The first-order chi connectivity index (χ1) is 16.8. The third kappa shape index (κ3) is 3.88. The second-order valence-corrected chi connectivity index (χ2v) is 7.73. The summed E-state index contributed by atoms with van der Waals surface area (Å²) in [6, 6.07) is 19.8. The third-order valence-electron chi connectivity index (χ3n) is 5.47. The molecular weight excluding hydrogens is 426 g/mol. The van der Waals surface area contributed by atoms with E-state index >= 15 is 0 Å². The molecule has 0 saturated carbocycles. The van der Waals surface area contributed by atoms with Crippen molar-refractivity contribution < 1.29 is 4.74 Å². The Bertz CT molecular complexity index is 1560. The van der Waals surface area contributed by atoms with E-state index in [4.69, 9.17) is 4.74 Å². The highest BCUT2D eigenvalue weighted by atomic mass is 16.5. The highest BCUT2D eigenvalue weighted by Gasteiger charge is 2.14. The SMILES string of the molecule is c1ccc(COc2cncc(-c3cc(-c4nc5nccc(-c6ccncc6)c5[nH]4)[nH]n3)c2)cc1. The minimum Gasteiger partial charge on any atom is -0.487 e. The van der Waals surface area contributed by atoms with Gasteiger partial charge in [0.2, 0.25) is 0 Å². The molecule has 5 heterocycles. The van der Waals surface area contributed by atoms with Crippen LogP contribution in [0.15, 0.2) is 91.6 Å². The van der Waals surface area contributed by atoms with Gasteiger partial charge in [-0.25, -0.2) is 9.97 Å². The lowest BCUT2D eigenvalue weighted by atomic mass is 10.1. The summed E-state index contributed by atoms with van der Waals surface area (Å²) in [7, 11) is 0. The van der Waals surface area contributed by atoms with E-state index in [0.717, 1.165) is 39.2 Å². The van der Waals surface area contributed by atoms with Crippen LogP contribution in [0.4, 0.5) is 0 Å². The number of aromatic amines is 2. The van der Waals surface area contributed by atoms with E-state index in [2.05, 4.69) is 35.1 Å². The molecular formula is C26H19N7O. The van der Waals surface area contributed by atoms with Crippen molar-refractivity contribution in [2.24, 2.45) is 0 Å². The molecule has 8 heteroatoms. The molecule has 164 valence electrons. The van der Waals surface area contributed by atoms with Gasteiger partial charge in [0.05, 0.1) is 17.4 Å². The first-order valence-electron chi connectivity index (χ1n) is 10.8. The zero-order chi connectivity index (χ0) is 22.7. The van der Waals surface area contributed by atoms with Gasteiger partial charge < -0.3 is 9.72 Å². The van der Waals surface area contributed by atoms with Gasteiger partial charge in [-0.3, -0.25) is 15.1 Å². The molecule has 0 amide bonds. The number of ether oxygens (including phenoxy) is 1. The van der Waals surface area contributed by atoms with Gasteiger partial charge in [0.1, 0.15) is 18.1 Å². The fourth-order valence-electron chi connectivity index (χ4n) is 3.78. The monoisotopic (exact) mass is 445 g/mol. The molecule has 0 bridgehead atoms. The first kappa shape index (κ1) is 19.8. The van der Waals surface area contributed by atoms with E-state index in [1.165, 1.54) is 0 Å². The molecule has 0 atom stereocenters. The molecule has 0 saturated heterocycles. The Balaban J connectivity index is 1.28. The molecule has 0 aliphatic heterocycles. The molecule has 0 aliphatic rings. The number of H-pyrrole nitrogens is 2. The number of aromatic nitrogens is 7. The number of hydrogen-bond acceptors (Lipinski definition) is 6. The van der Waals surface area contributed by atoms with Gasteiger partial charge in [-0.2, -0.15) is 5.10 Å². The van der Waals surface area contributed by atoms with Crippen molar-refractivity contribution in [3.8, 4) is 39.7 Å². The van der Waals surface area contributed by atoms with Gasteiger partial charge in [0.15, 0.2) is 11.5 Å². The molecule has 0 fully saturated rings. The zero-order valence-corrected chi connectivity index (χ0v) is 18.0. The van der Waals surface area contributed by atoms with E-state index in [1.54, 1.807) is 31.0 Å². The molecule has 6 rings (SSSR count). The lowest BCUT2D eigenvalue weighted by Crippen LogP contribution is -1.95. The highest BCUT2D eigenvalue weighted by molar-refractivity contribution is 5.91. The molecule has 6 aromatic rings. The Hall–Kier alpha value is -4.85. The summed E-state index contributed by atoms with van der Waals surface area (Å²) in [5.41, 5.74) is 7.00. The van der Waals surface area contributed by atoms with Gasteiger partial charge in [0, 0.05) is 35.9 Å². The van der Waals surface area contributed by atoms with Crippen molar-refractivity contribution in [2.45, 2.75) is 6.61 Å². The summed E-state index contributed by atoms with van der Waals surface area (Å²) in [6.07, 6.45) is 8.76. The largest absolute Gasteiger partial charge is 0.487 e. The number of hydrogen-bond donors (Lipinski definition) is 2. The van der Waals surface area contributed by atoms with Crippen LogP contribution >= 0.6 is 0 Å². The maximum Gasteiger partial charge on any atom is 0.178 e. The van der Waals surface area contributed by atoms with Crippen LogP contribution in [0.5, 0.6) is 5.75 Å². The summed E-state index contributed by atoms with van der Waals surface area (Å²) < 4.78 is 5.91. The number of pyridine rings is 3. The molecule has 5 aromatic heterocycles. The van der Waals surface area contributed by atoms with E-state index in [-0.39, 0.29) is 0 Å². The lowest BCUT2D eigenvalue weighted by Gasteiger charge is -2.06. The zero-order valence-electron chi connectivity index (χ0n) is 18.0. The molecule has 2 N–H and O–H groups in total. The van der Waals surface area contributed by atoms with Crippen LogP contribution in [0.2, 0.25) is 0 Å². The minimum absolute atomic E-state index is 0.476. The van der Waals surface area contributed by atoms with Gasteiger partial charge >= 0.3 is 0 Å². The molecule has 0 spiro atoms. The molecule has 1 aromatic carbocycles. The average molecular weight is 445 g/mol. The molecule has 8 nitrogen and oxygen atoms in total. The van der Waals surface area contributed by atoms with Crippen LogP contribution in [0.1, 0.15) is 5.56 Å². The van der Waals surface area contributed by atoms with Crippen LogP contribution in [0.25, 0.3) is 45.1 Å². The predicted molar refractivity (Wildman–Crippen MR) is 129 cm³/mol. The Morgan fingerprint density at radius 1 is 0.824 bits per heavy atom. The maximum absolute atomic E-state index is 5.91. The van der Waals surface area contributed by atoms with Gasteiger partial charge in [-0.1, -0.05) is 30.3 Å². The van der Waals surface area contributed by atoms with Crippen LogP contribution in [-0.4, -0.2) is 35.1 Å². The number of fused-ring (bicyclic) bond motifs is 1. The van der Waals surface area contributed by atoms with Crippen molar-refractivity contribution in [3.05, 3.63) is 97.2 Å². The minimum atomic E-state index is 0.476. The predicted octanol–water partition coefficient (Wildman–Crippen LogP) is 5.05. The Labute approximate surface area is 194 Å². The summed E-state index contributed by atoms with van der Waals surface area (Å²) in [4.78, 5) is 20.9. The quantitative estimate of drug-likeness (QED) is 0.372. The fourth-order valence-corrected chi connectivity index (χ4v) is 3.78. The second-order valence-electron chi connectivity index (χ2n) is 7.73.